The number of benzene rings is 1. The molecule has 3 aliphatic carbocycles. The predicted molar refractivity (Wildman–Crippen MR) is 82.7 cm³/mol. The predicted octanol–water partition coefficient (Wildman–Crippen LogP) is 3.30. The van der Waals surface area contributed by atoms with Gasteiger partial charge in [0.1, 0.15) is 0 Å². The van der Waals surface area contributed by atoms with Crippen molar-refractivity contribution < 1.29 is 14.7 Å². The number of amides is 1. The molecule has 4 nitrogen and oxygen atoms in total. The molecule has 0 radical (unpaired) electrons. The Kier molecular flexibility index (Phi) is 3.85. The summed E-state index contributed by atoms with van der Waals surface area (Å²) in [6.07, 6.45) is 5.73. The molecule has 1 saturated carbocycles. The van der Waals surface area contributed by atoms with Crippen LogP contribution in [0.15, 0.2) is 40.9 Å². The highest BCUT2D eigenvalue weighted by molar-refractivity contribution is 9.10. The van der Waals surface area contributed by atoms with Gasteiger partial charge in [0, 0.05) is 10.2 Å². The lowest BCUT2D eigenvalue weighted by Crippen LogP contribution is -2.47. The van der Waals surface area contributed by atoms with Crippen molar-refractivity contribution in [1.82, 2.24) is 0 Å². The monoisotopic (exact) mass is 349 g/mol. The Morgan fingerprint density at radius 3 is 2.38 bits per heavy atom. The summed E-state index contributed by atoms with van der Waals surface area (Å²) in [6, 6.07) is 7.32. The van der Waals surface area contributed by atoms with Gasteiger partial charge in [-0.25, -0.2) is 0 Å². The Bertz CT molecular complexity index is 613. The second-order valence-corrected chi connectivity index (χ2v) is 6.60. The zero-order valence-electron chi connectivity index (χ0n) is 11.3. The van der Waals surface area contributed by atoms with E-state index in [2.05, 4.69) is 21.2 Å². The molecule has 0 aliphatic heterocycles. The van der Waals surface area contributed by atoms with E-state index < -0.39 is 17.8 Å². The summed E-state index contributed by atoms with van der Waals surface area (Å²) in [6.45, 7) is 0. The van der Waals surface area contributed by atoms with E-state index in [0.717, 1.165) is 17.3 Å². The summed E-state index contributed by atoms with van der Waals surface area (Å²) in [5, 5.41) is 12.3. The Hall–Kier alpha value is -1.62. The third-order valence-electron chi connectivity index (χ3n) is 4.43. The minimum Gasteiger partial charge on any atom is -0.481 e. The van der Waals surface area contributed by atoms with Crippen molar-refractivity contribution in [2.45, 2.75) is 12.8 Å². The summed E-state index contributed by atoms with van der Waals surface area (Å²) in [5.41, 5.74) is 0.684. The number of hydrogen-bond acceptors (Lipinski definition) is 2. The molecule has 4 unspecified atom stereocenters. The average molecular weight is 350 g/mol. The van der Waals surface area contributed by atoms with E-state index in [-0.39, 0.29) is 17.7 Å². The van der Waals surface area contributed by atoms with Crippen molar-refractivity contribution in [3.8, 4) is 0 Å². The second-order valence-electron chi connectivity index (χ2n) is 5.68. The molecule has 0 spiro atoms. The Morgan fingerprint density at radius 1 is 1.14 bits per heavy atom. The number of hydrogen-bond donors (Lipinski definition) is 2. The summed E-state index contributed by atoms with van der Waals surface area (Å²) in [4.78, 5) is 24.1. The Labute approximate surface area is 131 Å². The minimum atomic E-state index is -0.872. The SMILES string of the molecule is O=C(O)C1C2C=CC(CC2)C1C(=O)Nc1cccc(Br)c1. The van der Waals surface area contributed by atoms with Crippen LogP contribution in [-0.2, 0) is 9.59 Å². The van der Waals surface area contributed by atoms with Crippen LogP contribution in [0.3, 0.4) is 0 Å². The molecular weight excluding hydrogens is 334 g/mol. The largest absolute Gasteiger partial charge is 0.481 e. The van der Waals surface area contributed by atoms with Crippen molar-refractivity contribution in [3.63, 3.8) is 0 Å². The van der Waals surface area contributed by atoms with Gasteiger partial charge in [0.15, 0.2) is 0 Å². The Balaban J connectivity index is 1.83. The van der Waals surface area contributed by atoms with Gasteiger partial charge in [0.2, 0.25) is 5.91 Å². The number of aliphatic carboxylic acids is 1. The zero-order chi connectivity index (χ0) is 15.0. The van der Waals surface area contributed by atoms with Crippen molar-refractivity contribution in [1.29, 1.82) is 0 Å². The van der Waals surface area contributed by atoms with Gasteiger partial charge in [-0.1, -0.05) is 34.1 Å². The topological polar surface area (TPSA) is 66.4 Å². The molecule has 4 atom stereocenters. The standard InChI is InChI=1S/C16H16BrNO3/c17-11-2-1-3-12(8-11)18-15(19)13-9-4-6-10(7-5-9)14(13)16(20)21/h1-4,6,8-10,13-14H,5,7H2,(H,18,19)(H,20,21). The van der Waals surface area contributed by atoms with E-state index in [1.807, 2.05) is 30.4 Å². The highest BCUT2D eigenvalue weighted by atomic mass is 79.9. The number of carboxylic acid groups (broad SMARTS) is 1. The number of anilines is 1. The van der Waals surface area contributed by atoms with Crippen LogP contribution in [0.2, 0.25) is 0 Å². The number of carbonyl (C=O) groups is 2. The third-order valence-corrected chi connectivity index (χ3v) is 4.92. The fraction of sp³-hybridized carbons (Fsp3) is 0.375. The van der Waals surface area contributed by atoms with Gasteiger partial charge in [0.05, 0.1) is 11.8 Å². The van der Waals surface area contributed by atoms with Gasteiger partial charge in [0.25, 0.3) is 0 Å². The van der Waals surface area contributed by atoms with Crippen LogP contribution in [-0.4, -0.2) is 17.0 Å². The Morgan fingerprint density at radius 2 is 1.81 bits per heavy atom. The molecule has 5 heteroatoms. The molecular formula is C16H16BrNO3. The number of fused-ring (bicyclic) bond motifs is 2. The number of carbonyl (C=O) groups excluding carboxylic acids is 1. The molecule has 4 rings (SSSR count). The first-order valence-corrected chi connectivity index (χ1v) is 7.83. The van der Waals surface area contributed by atoms with Gasteiger partial charge in [-0.2, -0.15) is 0 Å². The molecule has 0 aromatic heterocycles. The molecule has 1 fully saturated rings. The van der Waals surface area contributed by atoms with Crippen molar-refractivity contribution >= 4 is 33.5 Å². The molecule has 0 heterocycles. The van der Waals surface area contributed by atoms with Crippen LogP contribution in [0.5, 0.6) is 0 Å². The lowest BCUT2D eigenvalue weighted by molar-refractivity contribution is -0.151. The fourth-order valence-corrected chi connectivity index (χ4v) is 3.88. The van der Waals surface area contributed by atoms with Gasteiger partial charge < -0.3 is 10.4 Å². The third kappa shape index (κ3) is 2.75. The van der Waals surface area contributed by atoms with E-state index >= 15 is 0 Å². The van der Waals surface area contributed by atoms with Crippen LogP contribution < -0.4 is 5.32 Å². The summed E-state index contributed by atoms with van der Waals surface area (Å²) < 4.78 is 0.875. The summed E-state index contributed by atoms with van der Waals surface area (Å²) >= 11 is 3.36. The minimum absolute atomic E-state index is 0.0224. The number of allylic oxidation sites excluding steroid dienone is 2. The molecule has 0 saturated heterocycles. The molecule has 2 N–H and O–H groups in total. The second kappa shape index (κ2) is 5.64. The lowest BCUT2D eigenvalue weighted by atomic mass is 9.62. The van der Waals surface area contributed by atoms with Crippen LogP contribution in [0.4, 0.5) is 5.69 Å². The highest BCUT2D eigenvalue weighted by Crippen LogP contribution is 2.45. The number of carboxylic acids is 1. The molecule has 110 valence electrons. The van der Waals surface area contributed by atoms with E-state index in [4.69, 9.17) is 0 Å². The van der Waals surface area contributed by atoms with Crippen LogP contribution in [0, 0.1) is 23.7 Å². The quantitative estimate of drug-likeness (QED) is 0.822. The van der Waals surface area contributed by atoms with Crippen LogP contribution >= 0.6 is 15.9 Å². The van der Waals surface area contributed by atoms with Crippen LogP contribution in [0.25, 0.3) is 0 Å². The van der Waals surface area contributed by atoms with E-state index in [9.17, 15) is 14.7 Å². The van der Waals surface area contributed by atoms with Crippen molar-refractivity contribution in [2.75, 3.05) is 5.32 Å². The highest BCUT2D eigenvalue weighted by Gasteiger charge is 2.48. The van der Waals surface area contributed by atoms with E-state index in [0.29, 0.717) is 5.69 Å². The first kappa shape index (κ1) is 14.3. The maximum atomic E-state index is 12.6. The molecule has 2 bridgehead atoms. The maximum absolute atomic E-state index is 12.6. The van der Waals surface area contributed by atoms with E-state index in [1.54, 1.807) is 6.07 Å². The number of nitrogens with one attached hydrogen (secondary N) is 1. The molecule has 1 aromatic carbocycles. The molecule has 21 heavy (non-hydrogen) atoms. The molecule has 1 aromatic rings. The summed E-state index contributed by atoms with van der Waals surface area (Å²) in [7, 11) is 0. The van der Waals surface area contributed by atoms with Crippen molar-refractivity contribution in [2.24, 2.45) is 23.7 Å². The lowest BCUT2D eigenvalue weighted by Gasteiger charge is -2.41. The average Bonchev–Trinajstić information content (AvgIpc) is 2.47. The molecule has 1 amide bonds. The van der Waals surface area contributed by atoms with Gasteiger partial charge in [-0.05, 0) is 42.9 Å². The van der Waals surface area contributed by atoms with Gasteiger partial charge >= 0.3 is 5.97 Å². The van der Waals surface area contributed by atoms with Gasteiger partial charge in [-0.15, -0.1) is 0 Å². The maximum Gasteiger partial charge on any atom is 0.307 e. The van der Waals surface area contributed by atoms with Crippen molar-refractivity contribution in [3.05, 3.63) is 40.9 Å². The fourth-order valence-electron chi connectivity index (χ4n) is 3.48. The van der Waals surface area contributed by atoms with Gasteiger partial charge in [-0.3, -0.25) is 9.59 Å². The normalized spacial score (nSPS) is 30.1. The number of rotatable bonds is 3. The number of halogens is 1. The van der Waals surface area contributed by atoms with Crippen LogP contribution in [0.1, 0.15) is 12.8 Å². The smallest absolute Gasteiger partial charge is 0.307 e. The first-order chi connectivity index (χ1) is 10.1. The zero-order valence-corrected chi connectivity index (χ0v) is 12.9. The first-order valence-electron chi connectivity index (χ1n) is 7.04. The molecule has 3 aliphatic rings. The summed E-state index contributed by atoms with van der Waals surface area (Å²) in [5.74, 6) is -2.15. The van der Waals surface area contributed by atoms with E-state index in [1.165, 1.54) is 0 Å².